The lowest BCUT2D eigenvalue weighted by atomic mass is 10.0. The van der Waals surface area contributed by atoms with Crippen molar-refractivity contribution < 1.29 is 14.4 Å². The first-order valence-electron chi connectivity index (χ1n) is 10.5. The Morgan fingerprint density at radius 2 is 2.00 bits per heavy atom. The van der Waals surface area contributed by atoms with Gasteiger partial charge in [-0.2, -0.15) is 0 Å². The summed E-state index contributed by atoms with van der Waals surface area (Å²) < 4.78 is 0. The molecule has 0 radical (unpaired) electrons. The Kier molecular flexibility index (Phi) is 6.30. The average Bonchev–Trinajstić information content (AvgIpc) is 3.31. The standard InChI is InChI=1S/C24H25N5O3/c25-22-19-9-8-16(13-18(19)10-11-26-22)14-27-23(31)20-7-4-12-29(20)24(32)21(28-15-30)17-5-2-1-3-6-17/h1-3,5-6,8-11,13,15,20-21H,4,7,12,14H2,(H2,25,26)(H,27,31)(H,28,30)/t20-,21+/m0/s1. The Morgan fingerprint density at radius 3 is 2.78 bits per heavy atom. The predicted octanol–water partition coefficient (Wildman–Crippen LogP) is 1.91. The van der Waals surface area contributed by atoms with E-state index in [4.69, 9.17) is 5.73 Å². The molecule has 0 spiro atoms. The first kappa shape index (κ1) is 21.3. The molecule has 3 aromatic rings. The number of nitrogen functional groups attached to an aromatic ring is 1. The minimum atomic E-state index is -0.818. The second-order valence-electron chi connectivity index (χ2n) is 7.79. The summed E-state index contributed by atoms with van der Waals surface area (Å²) in [6, 6.07) is 15.3. The summed E-state index contributed by atoms with van der Waals surface area (Å²) in [6.07, 6.45) is 3.48. The van der Waals surface area contributed by atoms with Gasteiger partial charge in [0.25, 0.3) is 0 Å². The molecule has 0 saturated carbocycles. The zero-order chi connectivity index (χ0) is 22.5. The molecule has 4 rings (SSSR count). The van der Waals surface area contributed by atoms with Crippen molar-refractivity contribution in [3.8, 4) is 0 Å². The number of rotatable bonds is 7. The maximum Gasteiger partial charge on any atom is 0.250 e. The highest BCUT2D eigenvalue weighted by Gasteiger charge is 2.37. The van der Waals surface area contributed by atoms with E-state index in [-0.39, 0.29) is 11.8 Å². The molecule has 2 atom stereocenters. The Bertz CT molecular complexity index is 1130. The van der Waals surface area contributed by atoms with Crippen molar-refractivity contribution in [3.63, 3.8) is 0 Å². The van der Waals surface area contributed by atoms with Crippen LogP contribution in [0.5, 0.6) is 0 Å². The van der Waals surface area contributed by atoms with E-state index in [2.05, 4.69) is 15.6 Å². The highest BCUT2D eigenvalue weighted by Crippen LogP contribution is 2.24. The lowest BCUT2D eigenvalue weighted by Crippen LogP contribution is -2.49. The van der Waals surface area contributed by atoms with Gasteiger partial charge >= 0.3 is 0 Å². The third kappa shape index (κ3) is 4.39. The van der Waals surface area contributed by atoms with Gasteiger partial charge in [-0.25, -0.2) is 4.98 Å². The molecule has 1 aromatic heterocycles. The third-order valence-corrected chi connectivity index (χ3v) is 5.78. The molecule has 32 heavy (non-hydrogen) atoms. The Morgan fingerprint density at radius 1 is 1.19 bits per heavy atom. The number of aromatic nitrogens is 1. The van der Waals surface area contributed by atoms with Crippen LogP contribution in [-0.2, 0) is 20.9 Å². The Hall–Kier alpha value is -3.94. The van der Waals surface area contributed by atoms with E-state index in [0.29, 0.717) is 37.3 Å². The van der Waals surface area contributed by atoms with E-state index in [0.717, 1.165) is 22.8 Å². The number of benzene rings is 2. The fraction of sp³-hybridized carbons (Fsp3) is 0.250. The topological polar surface area (TPSA) is 117 Å². The summed E-state index contributed by atoms with van der Waals surface area (Å²) in [5, 5.41) is 7.36. The van der Waals surface area contributed by atoms with Gasteiger partial charge in [-0.05, 0) is 41.5 Å². The first-order chi connectivity index (χ1) is 15.6. The minimum absolute atomic E-state index is 0.205. The third-order valence-electron chi connectivity index (χ3n) is 5.78. The van der Waals surface area contributed by atoms with Gasteiger partial charge in [-0.3, -0.25) is 14.4 Å². The number of hydrogen-bond donors (Lipinski definition) is 3. The number of nitrogens with zero attached hydrogens (tertiary/aromatic N) is 2. The molecular weight excluding hydrogens is 406 g/mol. The second-order valence-corrected chi connectivity index (χ2v) is 7.79. The van der Waals surface area contributed by atoms with Gasteiger partial charge in [-0.15, -0.1) is 0 Å². The summed E-state index contributed by atoms with van der Waals surface area (Å²) in [6.45, 7) is 0.813. The maximum absolute atomic E-state index is 13.2. The molecule has 0 unspecified atom stereocenters. The van der Waals surface area contributed by atoms with Gasteiger partial charge in [0.05, 0.1) is 0 Å². The number of fused-ring (bicyclic) bond motifs is 1. The van der Waals surface area contributed by atoms with Crippen LogP contribution in [0.15, 0.2) is 60.8 Å². The van der Waals surface area contributed by atoms with E-state index in [1.54, 1.807) is 23.2 Å². The number of hydrogen-bond acceptors (Lipinski definition) is 5. The van der Waals surface area contributed by atoms with Crippen molar-refractivity contribution in [1.29, 1.82) is 0 Å². The molecule has 164 valence electrons. The number of carbonyl (C=O) groups excluding carboxylic acids is 3. The van der Waals surface area contributed by atoms with Gasteiger partial charge in [0.15, 0.2) is 0 Å². The number of pyridine rings is 1. The quantitative estimate of drug-likeness (QED) is 0.494. The highest BCUT2D eigenvalue weighted by atomic mass is 16.2. The molecule has 4 N–H and O–H groups in total. The monoisotopic (exact) mass is 431 g/mol. The van der Waals surface area contributed by atoms with E-state index in [1.807, 2.05) is 42.5 Å². The van der Waals surface area contributed by atoms with Crippen molar-refractivity contribution in [2.75, 3.05) is 12.3 Å². The summed E-state index contributed by atoms with van der Waals surface area (Å²) in [7, 11) is 0. The van der Waals surface area contributed by atoms with Crippen LogP contribution in [0.2, 0.25) is 0 Å². The zero-order valence-corrected chi connectivity index (χ0v) is 17.5. The highest BCUT2D eigenvalue weighted by molar-refractivity contribution is 5.92. The van der Waals surface area contributed by atoms with Crippen molar-refractivity contribution in [2.45, 2.75) is 31.5 Å². The van der Waals surface area contributed by atoms with Crippen molar-refractivity contribution in [2.24, 2.45) is 0 Å². The molecule has 2 aromatic carbocycles. The Labute approximate surface area is 185 Å². The van der Waals surface area contributed by atoms with Crippen LogP contribution in [0.4, 0.5) is 5.82 Å². The molecule has 0 aliphatic carbocycles. The first-order valence-corrected chi connectivity index (χ1v) is 10.5. The number of anilines is 1. The van der Waals surface area contributed by atoms with Crippen LogP contribution in [-0.4, -0.2) is 40.7 Å². The van der Waals surface area contributed by atoms with Crippen molar-refractivity contribution in [3.05, 3.63) is 71.9 Å². The Balaban J connectivity index is 1.45. The van der Waals surface area contributed by atoms with Crippen molar-refractivity contribution >= 4 is 34.8 Å². The van der Waals surface area contributed by atoms with Gasteiger partial charge in [0.2, 0.25) is 18.2 Å². The molecule has 3 amide bonds. The van der Waals surface area contributed by atoms with Gasteiger partial charge in [-0.1, -0.05) is 42.5 Å². The lowest BCUT2D eigenvalue weighted by Gasteiger charge is -2.28. The SMILES string of the molecule is Nc1nccc2cc(CNC(=O)[C@@H]3CCCN3C(=O)[C@H](NC=O)c3ccccc3)ccc12. The van der Waals surface area contributed by atoms with Crippen LogP contribution >= 0.6 is 0 Å². The van der Waals surface area contributed by atoms with E-state index in [1.165, 1.54) is 0 Å². The molecule has 8 nitrogen and oxygen atoms in total. The van der Waals surface area contributed by atoms with Gasteiger partial charge < -0.3 is 21.3 Å². The molecule has 2 heterocycles. The average molecular weight is 431 g/mol. The van der Waals surface area contributed by atoms with E-state index in [9.17, 15) is 14.4 Å². The van der Waals surface area contributed by atoms with Crippen LogP contribution in [0.1, 0.15) is 30.0 Å². The predicted molar refractivity (Wildman–Crippen MR) is 121 cm³/mol. The second kappa shape index (κ2) is 9.47. The molecule has 1 fully saturated rings. The summed E-state index contributed by atoms with van der Waals surface area (Å²) >= 11 is 0. The van der Waals surface area contributed by atoms with E-state index < -0.39 is 12.1 Å². The normalized spacial score (nSPS) is 16.5. The molecule has 1 saturated heterocycles. The van der Waals surface area contributed by atoms with Gasteiger partial charge in [0, 0.05) is 24.7 Å². The smallest absolute Gasteiger partial charge is 0.250 e. The summed E-state index contributed by atoms with van der Waals surface area (Å²) in [5.41, 5.74) is 7.51. The summed E-state index contributed by atoms with van der Waals surface area (Å²) in [4.78, 5) is 42.9. The molecular formula is C24H25N5O3. The fourth-order valence-corrected chi connectivity index (χ4v) is 4.16. The molecule has 8 heteroatoms. The van der Waals surface area contributed by atoms with Crippen LogP contribution in [0.3, 0.4) is 0 Å². The number of nitrogens with two attached hydrogens (primary N) is 1. The van der Waals surface area contributed by atoms with Crippen LogP contribution < -0.4 is 16.4 Å². The summed E-state index contributed by atoms with van der Waals surface area (Å²) in [5.74, 6) is -0.0205. The number of nitrogens with one attached hydrogen (secondary N) is 2. The largest absolute Gasteiger partial charge is 0.383 e. The van der Waals surface area contributed by atoms with Gasteiger partial charge in [0.1, 0.15) is 17.9 Å². The fourth-order valence-electron chi connectivity index (χ4n) is 4.16. The number of likely N-dealkylation sites (tertiary alicyclic amines) is 1. The van der Waals surface area contributed by atoms with Crippen molar-refractivity contribution in [1.82, 2.24) is 20.5 Å². The molecule has 0 bridgehead atoms. The number of amides is 3. The van der Waals surface area contributed by atoms with Crippen LogP contribution in [0.25, 0.3) is 10.8 Å². The lowest BCUT2D eigenvalue weighted by molar-refractivity contribution is -0.140. The minimum Gasteiger partial charge on any atom is -0.383 e. The van der Waals surface area contributed by atoms with E-state index >= 15 is 0 Å². The maximum atomic E-state index is 13.2. The molecule has 1 aliphatic heterocycles. The zero-order valence-electron chi connectivity index (χ0n) is 17.5. The molecule has 1 aliphatic rings. The van der Waals surface area contributed by atoms with Crippen LogP contribution in [0, 0.1) is 0 Å². The number of carbonyl (C=O) groups is 3.